The highest BCUT2D eigenvalue weighted by Crippen LogP contribution is 2.30. The maximum atomic E-state index is 11.6. The van der Waals surface area contributed by atoms with Gasteiger partial charge in [-0.1, -0.05) is 6.07 Å². The molecule has 1 aliphatic heterocycles. The Bertz CT molecular complexity index is 523. The van der Waals surface area contributed by atoms with Gasteiger partial charge in [-0.05, 0) is 45.7 Å². The van der Waals surface area contributed by atoms with Gasteiger partial charge < -0.3 is 20.5 Å². The van der Waals surface area contributed by atoms with Gasteiger partial charge in [0.25, 0.3) is 0 Å². The molecule has 0 saturated heterocycles. The summed E-state index contributed by atoms with van der Waals surface area (Å²) in [6.07, 6.45) is 1.58. The molecule has 0 fully saturated rings. The zero-order valence-electron chi connectivity index (χ0n) is 13.6. The minimum atomic E-state index is -0.574. The van der Waals surface area contributed by atoms with Crippen molar-refractivity contribution in [2.45, 2.75) is 51.7 Å². The van der Waals surface area contributed by atoms with E-state index in [0.29, 0.717) is 13.0 Å². The Balaban J connectivity index is 1.96. The number of nitrogens with one attached hydrogen (secondary N) is 2. The maximum absolute atomic E-state index is 11.6. The number of hydrogen-bond donors (Lipinski definition) is 3. The summed E-state index contributed by atoms with van der Waals surface area (Å²) < 4.78 is 5.78. The van der Waals surface area contributed by atoms with E-state index < -0.39 is 6.10 Å². The van der Waals surface area contributed by atoms with Gasteiger partial charge in [0.15, 0.2) is 0 Å². The van der Waals surface area contributed by atoms with Crippen LogP contribution < -0.4 is 15.4 Å². The number of β-amino-alcohol motifs (C(OH)–C–C–N with tert-alkyl or cyclic N) is 1. The molecule has 1 amide bonds. The normalized spacial score (nSPS) is 16.5. The average molecular weight is 306 g/mol. The molecule has 0 radical (unpaired) electrons. The molecule has 0 aromatic heterocycles. The van der Waals surface area contributed by atoms with Gasteiger partial charge in [0, 0.05) is 29.8 Å². The van der Waals surface area contributed by atoms with E-state index in [1.165, 1.54) is 0 Å². The molecule has 1 atom stereocenters. The van der Waals surface area contributed by atoms with E-state index in [1.807, 2.05) is 18.2 Å². The quantitative estimate of drug-likeness (QED) is 0.779. The van der Waals surface area contributed by atoms with Gasteiger partial charge in [0.05, 0.1) is 0 Å². The summed E-state index contributed by atoms with van der Waals surface area (Å²) in [5.41, 5.74) is 1.81. The van der Waals surface area contributed by atoms with Crippen LogP contribution in [-0.2, 0) is 11.2 Å². The highest BCUT2D eigenvalue weighted by atomic mass is 16.5. The first-order valence-electron chi connectivity index (χ1n) is 7.83. The van der Waals surface area contributed by atoms with E-state index in [4.69, 9.17) is 4.74 Å². The predicted octanol–water partition coefficient (Wildman–Crippen LogP) is 2.09. The fourth-order valence-corrected chi connectivity index (χ4v) is 2.38. The van der Waals surface area contributed by atoms with Gasteiger partial charge >= 0.3 is 0 Å². The van der Waals surface area contributed by atoms with Crippen molar-refractivity contribution < 1.29 is 14.6 Å². The summed E-state index contributed by atoms with van der Waals surface area (Å²) in [6.45, 7) is 6.88. The van der Waals surface area contributed by atoms with Gasteiger partial charge in [-0.25, -0.2) is 0 Å². The number of rotatable bonds is 5. The van der Waals surface area contributed by atoms with E-state index in [9.17, 15) is 9.90 Å². The van der Waals surface area contributed by atoms with Crippen molar-refractivity contribution in [3.8, 4) is 5.75 Å². The van der Waals surface area contributed by atoms with Crippen LogP contribution in [-0.4, -0.2) is 35.8 Å². The monoisotopic (exact) mass is 306 g/mol. The van der Waals surface area contributed by atoms with Crippen LogP contribution in [0.15, 0.2) is 18.2 Å². The van der Waals surface area contributed by atoms with Gasteiger partial charge in [-0.2, -0.15) is 0 Å². The second-order valence-electron chi connectivity index (χ2n) is 6.78. The Labute approximate surface area is 132 Å². The first-order valence-corrected chi connectivity index (χ1v) is 7.83. The molecular weight excluding hydrogens is 280 g/mol. The lowest BCUT2D eigenvalue weighted by atomic mass is 10.1. The largest absolute Gasteiger partial charge is 0.490 e. The first-order chi connectivity index (χ1) is 10.3. The number of benzene rings is 1. The van der Waals surface area contributed by atoms with Crippen LogP contribution in [0.3, 0.4) is 0 Å². The van der Waals surface area contributed by atoms with Gasteiger partial charge in [0.2, 0.25) is 5.91 Å². The third-order valence-corrected chi connectivity index (χ3v) is 3.54. The van der Waals surface area contributed by atoms with Crippen LogP contribution in [0.1, 0.15) is 39.2 Å². The Morgan fingerprint density at radius 3 is 2.86 bits per heavy atom. The highest BCUT2D eigenvalue weighted by molar-refractivity contribution is 5.92. The van der Waals surface area contributed by atoms with Crippen LogP contribution in [0, 0.1) is 0 Å². The second-order valence-corrected chi connectivity index (χ2v) is 6.78. The Hall–Kier alpha value is -1.59. The van der Waals surface area contributed by atoms with Crippen molar-refractivity contribution in [1.29, 1.82) is 0 Å². The third kappa shape index (κ3) is 5.00. The summed E-state index contributed by atoms with van der Waals surface area (Å²) in [7, 11) is 0. The standard InChI is InChI=1S/C17H26N2O3/c1-17(2,3)18-10-12(20)11-22-15-8-5-7-14-13(15)6-4-9-16(21)19-14/h5,7-8,12,18,20H,4,6,9-11H2,1-3H3,(H,19,21). The Morgan fingerprint density at radius 1 is 1.36 bits per heavy atom. The fraction of sp³-hybridized carbons (Fsp3) is 0.588. The number of fused-ring (bicyclic) bond motifs is 1. The minimum absolute atomic E-state index is 0.0326. The second kappa shape index (κ2) is 7.11. The number of amides is 1. The third-order valence-electron chi connectivity index (χ3n) is 3.54. The minimum Gasteiger partial charge on any atom is -0.490 e. The SMILES string of the molecule is CC(C)(C)NCC(O)COc1cccc2c1CCCC(=O)N2. The van der Waals surface area contributed by atoms with Gasteiger partial charge in [-0.15, -0.1) is 0 Å². The number of ether oxygens (including phenoxy) is 1. The molecule has 1 aromatic carbocycles. The van der Waals surface area contributed by atoms with Crippen molar-refractivity contribution in [3.05, 3.63) is 23.8 Å². The molecule has 22 heavy (non-hydrogen) atoms. The zero-order valence-corrected chi connectivity index (χ0v) is 13.6. The molecule has 5 nitrogen and oxygen atoms in total. The fourth-order valence-electron chi connectivity index (χ4n) is 2.38. The van der Waals surface area contributed by atoms with E-state index in [-0.39, 0.29) is 18.1 Å². The van der Waals surface area contributed by atoms with Crippen LogP contribution in [0.4, 0.5) is 5.69 Å². The molecule has 0 aliphatic carbocycles. The summed E-state index contributed by atoms with van der Waals surface area (Å²) in [6, 6.07) is 5.64. The molecule has 5 heteroatoms. The number of carbonyl (C=O) groups is 1. The lowest BCUT2D eigenvalue weighted by Gasteiger charge is -2.23. The maximum Gasteiger partial charge on any atom is 0.224 e. The van der Waals surface area contributed by atoms with Crippen LogP contribution >= 0.6 is 0 Å². The summed E-state index contributed by atoms with van der Waals surface area (Å²) in [4.78, 5) is 11.6. The number of aliphatic hydroxyl groups excluding tert-OH is 1. The molecule has 122 valence electrons. The number of carbonyl (C=O) groups excluding carboxylic acids is 1. The summed E-state index contributed by atoms with van der Waals surface area (Å²) >= 11 is 0. The summed E-state index contributed by atoms with van der Waals surface area (Å²) in [5.74, 6) is 0.792. The molecule has 1 heterocycles. The molecular formula is C17H26N2O3. The summed E-state index contributed by atoms with van der Waals surface area (Å²) in [5, 5.41) is 16.2. The Kier molecular flexibility index (Phi) is 5.42. The van der Waals surface area contributed by atoms with E-state index in [0.717, 1.165) is 29.8 Å². The molecule has 1 aromatic rings. The van der Waals surface area contributed by atoms with Crippen molar-refractivity contribution in [3.63, 3.8) is 0 Å². The van der Waals surface area contributed by atoms with Crippen molar-refractivity contribution in [2.75, 3.05) is 18.5 Å². The molecule has 0 saturated carbocycles. The van der Waals surface area contributed by atoms with Gasteiger partial charge in [0.1, 0.15) is 18.5 Å². The number of anilines is 1. The molecule has 3 N–H and O–H groups in total. The average Bonchev–Trinajstić information content (AvgIpc) is 2.63. The van der Waals surface area contributed by atoms with Crippen LogP contribution in [0.25, 0.3) is 0 Å². The highest BCUT2D eigenvalue weighted by Gasteiger charge is 2.17. The van der Waals surface area contributed by atoms with Crippen molar-refractivity contribution in [1.82, 2.24) is 5.32 Å². The van der Waals surface area contributed by atoms with E-state index >= 15 is 0 Å². The molecule has 1 aliphatic rings. The zero-order chi connectivity index (χ0) is 16.2. The van der Waals surface area contributed by atoms with Crippen LogP contribution in [0.5, 0.6) is 5.75 Å². The van der Waals surface area contributed by atoms with E-state index in [1.54, 1.807) is 0 Å². The lowest BCUT2D eigenvalue weighted by Crippen LogP contribution is -2.42. The lowest BCUT2D eigenvalue weighted by molar-refractivity contribution is -0.116. The molecule has 0 spiro atoms. The number of hydrogen-bond acceptors (Lipinski definition) is 4. The topological polar surface area (TPSA) is 70.6 Å². The van der Waals surface area contributed by atoms with E-state index in [2.05, 4.69) is 31.4 Å². The molecule has 2 rings (SSSR count). The molecule has 1 unspecified atom stereocenters. The van der Waals surface area contributed by atoms with Crippen molar-refractivity contribution >= 4 is 11.6 Å². The molecule has 0 bridgehead atoms. The van der Waals surface area contributed by atoms with Gasteiger partial charge in [-0.3, -0.25) is 4.79 Å². The smallest absolute Gasteiger partial charge is 0.224 e. The van der Waals surface area contributed by atoms with Crippen molar-refractivity contribution in [2.24, 2.45) is 0 Å². The predicted molar refractivity (Wildman–Crippen MR) is 87.3 cm³/mol. The first kappa shape index (κ1) is 16.8. The van der Waals surface area contributed by atoms with Crippen LogP contribution in [0.2, 0.25) is 0 Å². The Morgan fingerprint density at radius 2 is 2.14 bits per heavy atom. The number of aliphatic hydroxyl groups is 1.